The Labute approximate surface area is 192 Å². The molecule has 9 heteroatoms. The van der Waals surface area contributed by atoms with Crippen molar-refractivity contribution in [2.24, 2.45) is 0 Å². The molecule has 3 aromatic rings. The molecule has 1 amide bonds. The fourth-order valence-electron chi connectivity index (χ4n) is 3.27. The molecule has 0 aliphatic rings. The van der Waals surface area contributed by atoms with Gasteiger partial charge in [-0.25, -0.2) is 13.2 Å². The molecule has 0 aliphatic carbocycles. The van der Waals surface area contributed by atoms with Crippen molar-refractivity contribution in [2.45, 2.75) is 18.7 Å². The van der Waals surface area contributed by atoms with E-state index in [9.17, 15) is 18.0 Å². The Morgan fingerprint density at radius 2 is 1.69 bits per heavy atom. The van der Waals surface area contributed by atoms with Gasteiger partial charge >= 0.3 is 5.97 Å². The van der Waals surface area contributed by atoms with Crippen LogP contribution in [-0.4, -0.2) is 44.3 Å². The van der Waals surface area contributed by atoms with Gasteiger partial charge in [-0.05, 0) is 29.7 Å². The molecule has 0 aliphatic heterocycles. The van der Waals surface area contributed by atoms with Gasteiger partial charge in [0.15, 0.2) is 6.61 Å². The lowest BCUT2D eigenvalue weighted by Crippen LogP contribution is -2.31. The van der Waals surface area contributed by atoms with Crippen LogP contribution in [-0.2, 0) is 19.6 Å². The number of anilines is 1. The zero-order valence-electron chi connectivity index (χ0n) is 17.7. The van der Waals surface area contributed by atoms with Crippen LogP contribution < -0.4 is 5.32 Å². The molecule has 0 radical (unpaired) electrons. The lowest BCUT2D eigenvalue weighted by Gasteiger charge is -2.19. The largest absolute Gasteiger partial charge is 0.452 e. The van der Waals surface area contributed by atoms with Gasteiger partial charge in [-0.3, -0.25) is 4.79 Å². The zero-order valence-corrected chi connectivity index (χ0v) is 19.2. The van der Waals surface area contributed by atoms with Crippen LogP contribution in [0.25, 0.3) is 10.8 Å². The number of amides is 1. The van der Waals surface area contributed by atoms with Crippen LogP contribution in [0.5, 0.6) is 0 Å². The van der Waals surface area contributed by atoms with Crippen LogP contribution in [0, 0.1) is 0 Å². The molecule has 0 bridgehead atoms. The highest BCUT2D eigenvalue weighted by molar-refractivity contribution is 7.89. The van der Waals surface area contributed by atoms with E-state index in [4.69, 9.17) is 16.3 Å². The first-order chi connectivity index (χ1) is 15.3. The highest BCUT2D eigenvalue weighted by Gasteiger charge is 2.26. The van der Waals surface area contributed by atoms with Gasteiger partial charge < -0.3 is 10.1 Å². The maximum absolute atomic E-state index is 12.8. The Hall–Kier alpha value is -2.94. The number of hydrogen-bond donors (Lipinski definition) is 1. The predicted molar refractivity (Wildman–Crippen MR) is 124 cm³/mol. The summed E-state index contributed by atoms with van der Waals surface area (Å²) in [4.78, 5) is 24.6. The molecule has 3 rings (SSSR count). The van der Waals surface area contributed by atoms with Crippen molar-refractivity contribution >= 4 is 50.0 Å². The Morgan fingerprint density at radius 3 is 2.41 bits per heavy atom. The quantitative estimate of drug-likeness (QED) is 0.491. The monoisotopic (exact) mass is 474 g/mol. The molecule has 0 unspecified atom stereocenters. The lowest BCUT2D eigenvalue weighted by molar-refractivity contribution is -0.119. The van der Waals surface area contributed by atoms with E-state index in [-0.39, 0.29) is 28.6 Å². The fourth-order valence-corrected chi connectivity index (χ4v) is 5.22. The predicted octanol–water partition coefficient (Wildman–Crippen LogP) is 4.32. The molecule has 0 saturated carbocycles. The van der Waals surface area contributed by atoms with E-state index >= 15 is 0 Å². The van der Waals surface area contributed by atoms with Crippen LogP contribution in [0.3, 0.4) is 0 Å². The van der Waals surface area contributed by atoms with Crippen LogP contribution in [0.2, 0.25) is 5.02 Å². The Balaban J connectivity index is 1.72. The van der Waals surface area contributed by atoms with Crippen LogP contribution >= 0.6 is 11.6 Å². The maximum atomic E-state index is 12.8. The zero-order chi connectivity index (χ0) is 23.3. The number of halogens is 1. The second-order valence-corrected chi connectivity index (χ2v) is 9.20. The average Bonchev–Trinajstić information content (AvgIpc) is 2.78. The Kier molecular flexibility index (Phi) is 7.50. The summed E-state index contributed by atoms with van der Waals surface area (Å²) in [6, 6.07) is 16.9. The second-order valence-electron chi connectivity index (χ2n) is 6.89. The third kappa shape index (κ3) is 5.09. The first kappa shape index (κ1) is 23.7. The number of sulfonamides is 1. The molecular weight excluding hydrogens is 452 g/mol. The van der Waals surface area contributed by atoms with Crippen molar-refractivity contribution < 1.29 is 22.7 Å². The number of benzene rings is 3. The minimum Gasteiger partial charge on any atom is -0.452 e. The number of carbonyl (C=O) groups excluding carboxylic acids is 2. The van der Waals surface area contributed by atoms with E-state index in [1.807, 2.05) is 36.4 Å². The molecule has 168 valence electrons. The summed E-state index contributed by atoms with van der Waals surface area (Å²) in [7, 11) is -3.87. The third-order valence-corrected chi connectivity index (χ3v) is 7.42. The summed E-state index contributed by atoms with van der Waals surface area (Å²) >= 11 is 6.09. The van der Waals surface area contributed by atoms with Crippen LogP contribution in [0.4, 0.5) is 5.69 Å². The fraction of sp³-hybridized carbons (Fsp3) is 0.217. The SMILES string of the molecule is CCN(CC)S(=O)(=O)c1cc(C(=O)OCC(=O)Nc2cccc3ccccc23)ccc1Cl. The van der Waals surface area contributed by atoms with Gasteiger partial charge in [0.1, 0.15) is 4.90 Å². The minimum atomic E-state index is -3.87. The number of hydrogen-bond acceptors (Lipinski definition) is 5. The number of fused-ring (bicyclic) bond motifs is 1. The van der Waals surface area contributed by atoms with Gasteiger partial charge in [0.05, 0.1) is 10.6 Å². The van der Waals surface area contributed by atoms with E-state index in [0.29, 0.717) is 5.69 Å². The lowest BCUT2D eigenvalue weighted by atomic mass is 10.1. The molecule has 1 N–H and O–H groups in total. The molecule has 0 aromatic heterocycles. The van der Waals surface area contributed by atoms with E-state index in [0.717, 1.165) is 10.8 Å². The summed E-state index contributed by atoms with van der Waals surface area (Å²) < 4.78 is 31.9. The molecule has 32 heavy (non-hydrogen) atoms. The first-order valence-electron chi connectivity index (χ1n) is 10.0. The highest BCUT2D eigenvalue weighted by Crippen LogP contribution is 2.26. The number of esters is 1. The summed E-state index contributed by atoms with van der Waals surface area (Å²) in [5.74, 6) is -1.34. The van der Waals surface area contributed by atoms with Crippen LogP contribution in [0.1, 0.15) is 24.2 Å². The molecule has 3 aromatic carbocycles. The number of rotatable bonds is 8. The van der Waals surface area contributed by atoms with E-state index < -0.39 is 28.5 Å². The van der Waals surface area contributed by atoms with Crippen molar-refractivity contribution in [1.82, 2.24) is 4.31 Å². The molecule has 0 heterocycles. The summed E-state index contributed by atoms with van der Waals surface area (Å²) in [6.45, 7) is 3.42. The molecule has 7 nitrogen and oxygen atoms in total. The van der Waals surface area contributed by atoms with Gasteiger partial charge in [0, 0.05) is 24.2 Å². The number of nitrogens with one attached hydrogen (secondary N) is 1. The standard InChI is InChI=1S/C23H23ClN2O5S/c1-3-26(4-2)32(29,30)21-14-17(12-13-19(21)24)23(28)31-15-22(27)25-20-11-7-9-16-8-5-6-10-18(16)20/h5-14H,3-4,15H2,1-2H3,(H,25,27). The van der Waals surface area contributed by atoms with Gasteiger partial charge in [0.25, 0.3) is 5.91 Å². The third-order valence-electron chi connectivity index (χ3n) is 4.89. The molecule has 0 spiro atoms. The van der Waals surface area contributed by atoms with Gasteiger partial charge in [-0.1, -0.05) is 61.8 Å². The van der Waals surface area contributed by atoms with Gasteiger partial charge in [-0.2, -0.15) is 4.31 Å². The van der Waals surface area contributed by atoms with E-state index in [1.165, 1.54) is 22.5 Å². The first-order valence-corrected chi connectivity index (χ1v) is 11.8. The van der Waals surface area contributed by atoms with Crippen molar-refractivity contribution in [1.29, 1.82) is 0 Å². The average molecular weight is 475 g/mol. The molecular formula is C23H23ClN2O5S. The van der Waals surface area contributed by atoms with Gasteiger partial charge in [0.2, 0.25) is 10.0 Å². The molecule has 0 fully saturated rings. The number of ether oxygens (including phenoxy) is 1. The van der Waals surface area contributed by atoms with E-state index in [2.05, 4.69) is 5.32 Å². The van der Waals surface area contributed by atoms with Crippen molar-refractivity contribution in [3.05, 3.63) is 71.2 Å². The molecule has 0 atom stereocenters. The van der Waals surface area contributed by atoms with Crippen LogP contribution in [0.15, 0.2) is 65.6 Å². The Bertz CT molecular complexity index is 1250. The van der Waals surface area contributed by atoms with Crippen molar-refractivity contribution in [3.8, 4) is 0 Å². The van der Waals surface area contributed by atoms with Gasteiger partial charge in [-0.15, -0.1) is 0 Å². The molecule has 0 saturated heterocycles. The number of nitrogens with zero attached hydrogens (tertiary/aromatic N) is 1. The Morgan fingerprint density at radius 1 is 1.00 bits per heavy atom. The number of carbonyl (C=O) groups is 2. The highest BCUT2D eigenvalue weighted by atomic mass is 35.5. The summed E-state index contributed by atoms with van der Waals surface area (Å²) in [5, 5.41) is 4.55. The normalized spacial score (nSPS) is 11.5. The second kappa shape index (κ2) is 10.1. The topological polar surface area (TPSA) is 92.8 Å². The summed E-state index contributed by atoms with van der Waals surface area (Å²) in [5.41, 5.74) is 0.585. The van der Waals surface area contributed by atoms with E-state index in [1.54, 1.807) is 19.9 Å². The smallest absolute Gasteiger partial charge is 0.338 e. The maximum Gasteiger partial charge on any atom is 0.338 e. The minimum absolute atomic E-state index is 0.00199. The van der Waals surface area contributed by atoms with Crippen molar-refractivity contribution in [3.63, 3.8) is 0 Å². The van der Waals surface area contributed by atoms with Crippen molar-refractivity contribution in [2.75, 3.05) is 25.0 Å². The summed E-state index contributed by atoms with van der Waals surface area (Å²) in [6.07, 6.45) is 0.